The average molecular weight is 385 g/mol. The van der Waals surface area contributed by atoms with Crippen molar-refractivity contribution in [2.24, 2.45) is 5.16 Å². The second-order valence-electron chi connectivity index (χ2n) is 7.22. The van der Waals surface area contributed by atoms with Crippen LogP contribution in [-0.2, 0) is 10.6 Å². The Morgan fingerprint density at radius 3 is 2.46 bits per heavy atom. The second kappa shape index (κ2) is 6.64. The van der Waals surface area contributed by atoms with E-state index in [1.165, 1.54) is 5.56 Å². The van der Waals surface area contributed by atoms with Gasteiger partial charge in [-0.1, -0.05) is 101 Å². The lowest BCUT2D eigenvalue weighted by atomic mass is 9.81. The smallest absolute Gasteiger partial charge is 0.257 e. The van der Waals surface area contributed by atoms with Crippen LogP contribution in [0.1, 0.15) is 38.5 Å². The van der Waals surface area contributed by atoms with Gasteiger partial charge in [0.2, 0.25) is 5.78 Å². The third-order valence-electron chi connectivity index (χ3n) is 5.43. The number of fused-ring (bicyclic) bond motifs is 1. The molecule has 2 aliphatic rings. The maximum absolute atomic E-state index is 13.6. The first-order valence-corrected chi connectivity index (χ1v) is 10.3. The molecule has 2 aliphatic heterocycles. The Hall–Kier alpha value is -2.85. The maximum atomic E-state index is 13.6. The van der Waals surface area contributed by atoms with Crippen LogP contribution in [0, 0.1) is 6.92 Å². The number of hydrogen-bond acceptors (Lipinski definition) is 4. The van der Waals surface area contributed by atoms with Gasteiger partial charge in [0.15, 0.2) is 0 Å². The fourth-order valence-electron chi connectivity index (χ4n) is 3.96. The van der Waals surface area contributed by atoms with Crippen LogP contribution in [0.5, 0.6) is 0 Å². The molecule has 138 valence electrons. The van der Waals surface area contributed by atoms with Gasteiger partial charge in [0.1, 0.15) is 5.71 Å². The highest BCUT2D eigenvalue weighted by Gasteiger charge is 2.58. The molecule has 2 heterocycles. The summed E-state index contributed by atoms with van der Waals surface area (Å²) in [6.07, 6.45) is 0. The van der Waals surface area contributed by atoms with Crippen LogP contribution in [0.3, 0.4) is 0 Å². The van der Waals surface area contributed by atoms with Crippen molar-refractivity contribution in [3.8, 4) is 0 Å². The molecule has 5 rings (SSSR count). The number of thioether (sulfide) groups is 1. The third-order valence-corrected chi connectivity index (χ3v) is 6.81. The standard InChI is InChI=1S/C24H19NO2S/c1-16-11-13-18(14-12-16)22-21(17-7-3-2-4-8-17)24(27-25-22)23(26)20-10-6-5-9-19(20)15-28-24/h2-14,21H,15H2,1H3. The second-order valence-corrected chi connectivity index (χ2v) is 8.40. The Kier molecular flexibility index (Phi) is 4.09. The fraction of sp³-hybridized carbons (Fsp3) is 0.167. The first-order valence-electron chi connectivity index (χ1n) is 9.34. The minimum atomic E-state index is -1.06. The number of carbonyl (C=O) groups is 1. The van der Waals surface area contributed by atoms with E-state index in [0.29, 0.717) is 0 Å². The lowest BCUT2D eigenvalue weighted by molar-refractivity contribution is 0.0361. The predicted molar refractivity (Wildman–Crippen MR) is 113 cm³/mol. The van der Waals surface area contributed by atoms with Crippen molar-refractivity contribution in [3.63, 3.8) is 0 Å². The number of nitrogens with zero attached hydrogens (tertiary/aromatic N) is 1. The highest BCUT2D eigenvalue weighted by molar-refractivity contribution is 8.00. The molecule has 0 aliphatic carbocycles. The van der Waals surface area contributed by atoms with Gasteiger partial charge in [0.05, 0.1) is 5.92 Å². The van der Waals surface area contributed by atoms with E-state index in [1.807, 2.05) is 42.5 Å². The number of aryl methyl sites for hydroxylation is 1. The van der Waals surface area contributed by atoms with Crippen LogP contribution in [0.15, 0.2) is 84.0 Å². The van der Waals surface area contributed by atoms with E-state index in [1.54, 1.807) is 11.8 Å². The van der Waals surface area contributed by atoms with Crippen molar-refractivity contribution in [3.05, 3.63) is 107 Å². The molecule has 0 saturated heterocycles. The molecule has 0 saturated carbocycles. The summed E-state index contributed by atoms with van der Waals surface area (Å²) < 4.78 is 0. The van der Waals surface area contributed by atoms with Gasteiger partial charge in [0.25, 0.3) is 4.93 Å². The van der Waals surface area contributed by atoms with Crippen molar-refractivity contribution in [1.82, 2.24) is 0 Å². The molecule has 4 heteroatoms. The van der Waals surface area contributed by atoms with Crippen LogP contribution in [-0.4, -0.2) is 16.4 Å². The maximum Gasteiger partial charge on any atom is 0.257 e. The molecule has 2 unspecified atom stereocenters. The lowest BCUT2D eigenvalue weighted by Gasteiger charge is -2.35. The van der Waals surface area contributed by atoms with E-state index in [9.17, 15) is 4.79 Å². The average Bonchev–Trinajstić information content (AvgIpc) is 3.12. The quantitative estimate of drug-likeness (QED) is 0.598. The molecular weight excluding hydrogens is 366 g/mol. The van der Waals surface area contributed by atoms with Gasteiger partial charge in [-0.15, -0.1) is 0 Å². The first-order chi connectivity index (χ1) is 13.7. The molecule has 2 atom stereocenters. The van der Waals surface area contributed by atoms with E-state index < -0.39 is 4.93 Å². The topological polar surface area (TPSA) is 38.7 Å². The molecule has 0 N–H and O–H groups in total. The van der Waals surface area contributed by atoms with E-state index >= 15 is 0 Å². The van der Waals surface area contributed by atoms with E-state index in [0.717, 1.165) is 33.7 Å². The van der Waals surface area contributed by atoms with Crippen LogP contribution in [0.2, 0.25) is 0 Å². The molecule has 1 spiro atoms. The Labute approximate surface area is 168 Å². The Morgan fingerprint density at radius 2 is 1.68 bits per heavy atom. The minimum absolute atomic E-state index is 0.000866. The summed E-state index contributed by atoms with van der Waals surface area (Å²) in [6.45, 7) is 2.06. The summed E-state index contributed by atoms with van der Waals surface area (Å²) in [5.41, 5.74) is 5.82. The van der Waals surface area contributed by atoms with Crippen molar-refractivity contribution >= 4 is 23.3 Å². The van der Waals surface area contributed by atoms with Crippen LogP contribution < -0.4 is 0 Å². The normalized spacial score (nSPS) is 23.2. The molecule has 0 bridgehead atoms. The van der Waals surface area contributed by atoms with Crippen molar-refractivity contribution < 1.29 is 9.63 Å². The highest BCUT2D eigenvalue weighted by atomic mass is 32.2. The lowest BCUT2D eigenvalue weighted by Crippen LogP contribution is -2.45. The van der Waals surface area contributed by atoms with Gasteiger partial charge in [-0.25, -0.2) is 0 Å². The third kappa shape index (κ3) is 2.60. The van der Waals surface area contributed by atoms with Gasteiger partial charge in [-0.3, -0.25) is 4.79 Å². The fourth-order valence-corrected chi connectivity index (χ4v) is 5.32. The number of hydrogen-bond donors (Lipinski definition) is 0. The molecule has 0 aromatic heterocycles. The first kappa shape index (κ1) is 17.3. The SMILES string of the molecule is Cc1ccc(C2=NOC3(SCc4ccccc4C3=O)C2c2ccccc2)cc1. The van der Waals surface area contributed by atoms with Gasteiger partial charge >= 0.3 is 0 Å². The summed E-state index contributed by atoms with van der Waals surface area (Å²) in [7, 11) is 0. The summed E-state index contributed by atoms with van der Waals surface area (Å²) in [4.78, 5) is 18.6. The van der Waals surface area contributed by atoms with Crippen LogP contribution in [0.4, 0.5) is 0 Å². The predicted octanol–water partition coefficient (Wildman–Crippen LogP) is 5.34. The molecule has 3 aromatic carbocycles. The van der Waals surface area contributed by atoms with Gasteiger partial charge in [-0.05, 0) is 18.1 Å². The van der Waals surface area contributed by atoms with Gasteiger partial charge < -0.3 is 4.84 Å². The molecule has 3 aromatic rings. The molecular formula is C24H19NO2S. The van der Waals surface area contributed by atoms with Crippen LogP contribution >= 0.6 is 11.8 Å². The molecule has 0 fully saturated rings. The van der Waals surface area contributed by atoms with E-state index in [2.05, 4.69) is 48.5 Å². The molecule has 0 amide bonds. The van der Waals surface area contributed by atoms with Gasteiger partial charge in [0, 0.05) is 16.9 Å². The number of rotatable bonds is 2. The van der Waals surface area contributed by atoms with Crippen LogP contribution in [0.25, 0.3) is 0 Å². The molecule has 0 radical (unpaired) electrons. The summed E-state index contributed by atoms with van der Waals surface area (Å²) in [5.74, 6) is 0.461. The minimum Gasteiger partial charge on any atom is -0.368 e. The monoisotopic (exact) mass is 385 g/mol. The number of benzene rings is 3. The number of oxime groups is 1. The van der Waals surface area contributed by atoms with E-state index in [-0.39, 0.29) is 11.7 Å². The Bertz CT molecular complexity index is 1080. The zero-order chi connectivity index (χ0) is 19.1. The van der Waals surface area contributed by atoms with Crippen molar-refractivity contribution in [2.45, 2.75) is 23.5 Å². The Morgan fingerprint density at radius 1 is 0.964 bits per heavy atom. The summed E-state index contributed by atoms with van der Waals surface area (Å²) in [5, 5.41) is 4.47. The zero-order valence-corrected chi connectivity index (χ0v) is 16.3. The zero-order valence-electron chi connectivity index (χ0n) is 15.5. The Balaban J connectivity index is 1.65. The molecule has 28 heavy (non-hydrogen) atoms. The number of ketones is 1. The number of carbonyl (C=O) groups excluding carboxylic acids is 1. The summed E-state index contributed by atoms with van der Waals surface area (Å²) in [6, 6.07) is 26.1. The highest BCUT2D eigenvalue weighted by Crippen LogP contribution is 2.52. The number of Topliss-reactive ketones (excluding diaryl/α,β-unsaturated/α-hetero) is 1. The summed E-state index contributed by atoms with van der Waals surface area (Å²) >= 11 is 1.54. The van der Waals surface area contributed by atoms with Crippen molar-refractivity contribution in [2.75, 3.05) is 0 Å². The largest absolute Gasteiger partial charge is 0.368 e. The van der Waals surface area contributed by atoms with Gasteiger partial charge in [-0.2, -0.15) is 0 Å². The van der Waals surface area contributed by atoms with Crippen molar-refractivity contribution in [1.29, 1.82) is 0 Å². The van der Waals surface area contributed by atoms with E-state index in [4.69, 9.17) is 4.84 Å². The molecule has 3 nitrogen and oxygen atoms in total.